The number of carbonyl (C=O) groups is 1. The van der Waals surface area contributed by atoms with Gasteiger partial charge in [-0.2, -0.15) is 0 Å². The van der Waals surface area contributed by atoms with Crippen molar-refractivity contribution >= 4 is 56.6 Å². The number of amides is 1. The quantitative estimate of drug-likeness (QED) is 0.346. The van der Waals surface area contributed by atoms with Gasteiger partial charge in [-0.1, -0.05) is 59.6 Å². The summed E-state index contributed by atoms with van der Waals surface area (Å²) in [6.07, 6.45) is 0. The highest BCUT2D eigenvalue weighted by Crippen LogP contribution is 2.27. The van der Waals surface area contributed by atoms with Crippen LogP contribution in [0.25, 0.3) is 27.5 Å². The first kappa shape index (κ1) is 19.5. The van der Waals surface area contributed by atoms with Crippen LogP contribution in [-0.4, -0.2) is 20.9 Å². The van der Waals surface area contributed by atoms with Crippen LogP contribution in [0.5, 0.6) is 0 Å². The molecule has 4 aromatic carbocycles. The van der Waals surface area contributed by atoms with Crippen LogP contribution < -0.4 is 5.32 Å². The average molecular weight is 447 g/mol. The van der Waals surface area contributed by atoms with Gasteiger partial charge >= 0.3 is 0 Å². The summed E-state index contributed by atoms with van der Waals surface area (Å²) in [5, 5.41) is 15.2. The Morgan fingerprint density at radius 1 is 0.871 bits per heavy atom. The molecule has 0 aliphatic heterocycles. The van der Waals surface area contributed by atoms with E-state index in [-0.39, 0.29) is 5.91 Å². The third-order valence-electron chi connectivity index (χ3n) is 5.14. The first-order valence-corrected chi connectivity index (χ1v) is 10.4. The van der Waals surface area contributed by atoms with Crippen LogP contribution in [-0.2, 0) is 0 Å². The standard InChI is InChI=1S/C24H16Cl2N4O/c1-14-11-21-22(13-20(14)27-24(31)16-9-10-18(25)19(26)12-16)29-30(28-21)23-8-4-6-15-5-2-3-7-17(15)23/h2-13H,1H3,(H,27,31). The van der Waals surface area contributed by atoms with Crippen molar-refractivity contribution < 1.29 is 4.79 Å². The summed E-state index contributed by atoms with van der Waals surface area (Å²) in [7, 11) is 0. The normalized spacial score (nSPS) is 11.2. The van der Waals surface area contributed by atoms with E-state index in [9.17, 15) is 4.79 Å². The molecule has 0 aliphatic carbocycles. The molecule has 5 rings (SSSR count). The van der Waals surface area contributed by atoms with Gasteiger partial charge in [0.1, 0.15) is 11.0 Å². The fourth-order valence-corrected chi connectivity index (χ4v) is 3.82. The first-order valence-electron chi connectivity index (χ1n) is 9.62. The molecule has 0 radical (unpaired) electrons. The van der Waals surface area contributed by atoms with Crippen LogP contribution in [0.3, 0.4) is 0 Å². The summed E-state index contributed by atoms with van der Waals surface area (Å²) in [6.45, 7) is 1.92. The zero-order valence-electron chi connectivity index (χ0n) is 16.4. The van der Waals surface area contributed by atoms with Gasteiger partial charge in [-0.05, 0) is 54.3 Å². The van der Waals surface area contributed by atoms with Gasteiger partial charge in [-0.15, -0.1) is 15.0 Å². The predicted octanol–water partition coefficient (Wildman–Crippen LogP) is 6.44. The molecule has 1 aromatic heterocycles. The number of hydrogen-bond acceptors (Lipinski definition) is 3. The number of rotatable bonds is 3. The summed E-state index contributed by atoms with van der Waals surface area (Å²) in [5.74, 6) is -0.275. The topological polar surface area (TPSA) is 59.8 Å². The maximum absolute atomic E-state index is 12.7. The number of nitrogens with zero attached hydrogens (tertiary/aromatic N) is 3. The summed E-state index contributed by atoms with van der Waals surface area (Å²) >= 11 is 12.0. The average Bonchev–Trinajstić information content (AvgIpc) is 3.17. The second-order valence-corrected chi connectivity index (χ2v) is 8.04. The van der Waals surface area contributed by atoms with Crippen molar-refractivity contribution in [3.8, 4) is 5.69 Å². The molecule has 0 unspecified atom stereocenters. The number of halogens is 2. The Balaban J connectivity index is 1.52. The van der Waals surface area contributed by atoms with Gasteiger partial charge < -0.3 is 5.32 Å². The monoisotopic (exact) mass is 446 g/mol. The zero-order chi connectivity index (χ0) is 21.5. The lowest BCUT2D eigenvalue weighted by Crippen LogP contribution is -2.12. The van der Waals surface area contributed by atoms with E-state index < -0.39 is 0 Å². The number of fused-ring (bicyclic) bond motifs is 2. The Kier molecular flexibility index (Phi) is 4.85. The molecule has 1 heterocycles. The lowest BCUT2D eigenvalue weighted by atomic mass is 10.1. The minimum atomic E-state index is -0.275. The zero-order valence-corrected chi connectivity index (χ0v) is 17.9. The van der Waals surface area contributed by atoms with Crippen molar-refractivity contribution in [3.05, 3.63) is 94.0 Å². The minimum absolute atomic E-state index is 0.275. The predicted molar refractivity (Wildman–Crippen MR) is 126 cm³/mol. The summed E-state index contributed by atoms with van der Waals surface area (Å²) in [5.41, 5.74) is 4.29. The fraction of sp³-hybridized carbons (Fsp3) is 0.0417. The van der Waals surface area contributed by atoms with Crippen LogP contribution in [0.2, 0.25) is 10.0 Å². The van der Waals surface area contributed by atoms with E-state index in [1.807, 2.05) is 49.4 Å². The molecule has 0 atom stereocenters. The maximum atomic E-state index is 12.7. The molecule has 0 saturated carbocycles. The van der Waals surface area contributed by atoms with Crippen molar-refractivity contribution in [1.82, 2.24) is 15.0 Å². The molecular weight excluding hydrogens is 431 g/mol. The van der Waals surface area contributed by atoms with Crippen LogP contribution >= 0.6 is 23.2 Å². The van der Waals surface area contributed by atoms with Crippen LogP contribution in [0.1, 0.15) is 15.9 Å². The lowest BCUT2D eigenvalue weighted by molar-refractivity contribution is 0.102. The van der Waals surface area contributed by atoms with Crippen molar-refractivity contribution in [2.24, 2.45) is 0 Å². The van der Waals surface area contributed by atoms with E-state index >= 15 is 0 Å². The van der Waals surface area contributed by atoms with Crippen LogP contribution in [0.4, 0.5) is 5.69 Å². The number of anilines is 1. The molecular formula is C24H16Cl2N4O. The maximum Gasteiger partial charge on any atom is 0.255 e. The Hall–Kier alpha value is -3.41. The van der Waals surface area contributed by atoms with Gasteiger partial charge in [-0.3, -0.25) is 4.79 Å². The molecule has 1 amide bonds. The van der Waals surface area contributed by atoms with Crippen molar-refractivity contribution in [1.29, 1.82) is 0 Å². The molecule has 0 fully saturated rings. The summed E-state index contributed by atoms with van der Waals surface area (Å²) < 4.78 is 0. The smallest absolute Gasteiger partial charge is 0.255 e. The minimum Gasteiger partial charge on any atom is -0.322 e. The van der Waals surface area contributed by atoms with E-state index in [1.54, 1.807) is 23.0 Å². The molecule has 0 bridgehead atoms. The second kappa shape index (κ2) is 7.69. The SMILES string of the molecule is Cc1cc2nn(-c3cccc4ccccc34)nc2cc1NC(=O)c1ccc(Cl)c(Cl)c1. The summed E-state index contributed by atoms with van der Waals surface area (Å²) in [4.78, 5) is 14.3. The molecule has 5 aromatic rings. The highest BCUT2D eigenvalue weighted by atomic mass is 35.5. The number of benzene rings is 4. The molecule has 0 saturated heterocycles. The lowest BCUT2D eigenvalue weighted by Gasteiger charge is -2.08. The van der Waals surface area contributed by atoms with Crippen molar-refractivity contribution in [2.75, 3.05) is 5.32 Å². The number of aromatic nitrogens is 3. The molecule has 152 valence electrons. The number of carbonyl (C=O) groups excluding carboxylic acids is 1. The van der Waals surface area contributed by atoms with Gasteiger partial charge in [0.05, 0.1) is 15.7 Å². The van der Waals surface area contributed by atoms with E-state index in [2.05, 4.69) is 27.6 Å². The van der Waals surface area contributed by atoms with E-state index in [1.165, 1.54) is 0 Å². The van der Waals surface area contributed by atoms with Gasteiger partial charge in [0.15, 0.2) is 0 Å². The third kappa shape index (κ3) is 3.63. The first-order chi connectivity index (χ1) is 15.0. The number of aryl methyl sites for hydroxylation is 1. The van der Waals surface area contributed by atoms with Crippen LogP contribution in [0, 0.1) is 6.92 Å². The van der Waals surface area contributed by atoms with Gasteiger partial charge in [-0.25, -0.2) is 0 Å². The van der Waals surface area contributed by atoms with E-state index in [0.717, 1.165) is 27.5 Å². The van der Waals surface area contributed by atoms with Crippen molar-refractivity contribution in [2.45, 2.75) is 6.92 Å². The van der Waals surface area contributed by atoms with E-state index in [4.69, 9.17) is 23.2 Å². The number of hydrogen-bond donors (Lipinski definition) is 1. The third-order valence-corrected chi connectivity index (χ3v) is 5.88. The van der Waals surface area contributed by atoms with Gasteiger partial charge in [0.25, 0.3) is 5.91 Å². The number of nitrogens with one attached hydrogen (secondary N) is 1. The Labute approximate surface area is 188 Å². The Morgan fingerprint density at radius 2 is 1.61 bits per heavy atom. The molecule has 31 heavy (non-hydrogen) atoms. The second-order valence-electron chi connectivity index (χ2n) is 7.23. The molecule has 0 spiro atoms. The van der Waals surface area contributed by atoms with E-state index in [0.29, 0.717) is 26.8 Å². The highest BCUT2D eigenvalue weighted by Gasteiger charge is 2.14. The molecule has 0 aliphatic rings. The van der Waals surface area contributed by atoms with Gasteiger partial charge in [0, 0.05) is 16.6 Å². The summed E-state index contributed by atoms with van der Waals surface area (Å²) in [6, 6.07) is 22.7. The molecule has 7 heteroatoms. The fourth-order valence-electron chi connectivity index (χ4n) is 3.52. The van der Waals surface area contributed by atoms with Gasteiger partial charge in [0.2, 0.25) is 0 Å². The highest BCUT2D eigenvalue weighted by molar-refractivity contribution is 6.42. The van der Waals surface area contributed by atoms with Crippen LogP contribution in [0.15, 0.2) is 72.8 Å². The Morgan fingerprint density at radius 3 is 2.42 bits per heavy atom. The molecule has 5 nitrogen and oxygen atoms in total. The molecule has 1 N–H and O–H groups in total. The Bertz CT molecular complexity index is 1470. The van der Waals surface area contributed by atoms with Crippen molar-refractivity contribution in [3.63, 3.8) is 0 Å². The largest absolute Gasteiger partial charge is 0.322 e.